The van der Waals surface area contributed by atoms with Gasteiger partial charge in [0.25, 0.3) is 0 Å². The molecule has 0 aliphatic heterocycles. The number of anilines is 2. The van der Waals surface area contributed by atoms with E-state index in [4.69, 9.17) is 16.0 Å². The van der Waals surface area contributed by atoms with Crippen LogP contribution in [0.15, 0.2) is 22.6 Å². The van der Waals surface area contributed by atoms with Crippen molar-refractivity contribution in [1.29, 1.82) is 0 Å². The number of nitrogens with zero attached hydrogens (tertiary/aromatic N) is 2. The van der Waals surface area contributed by atoms with E-state index in [1.165, 1.54) is 0 Å². The van der Waals surface area contributed by atoms with Gasteiger partial charge in [0.2, 0.25) is 5.89 Å². The highest BCUT2D eigenvalue weighted by molar-refractivity contribution is 6.31. The smallest absolute Gasteiger partial charge is 0.320 e. The molecular weight excluding hydrogens is 240 g/mol. The van der Waals surface area contributed by atoms with Crippen LogP contribution in [0.1, 0.15) is 11.5 Å². The third-order valence-electron chi connectivity index (χ3n) is 2.22. The fourth-order valence-corrected chi connectivity index (χ4v) is 1.50. The van der Waals surface area contributed by atoms with Crippen LogP contribution >= 0.6 is 11.6 Å². The maximum atomic E-state index is 6.02. The van der Waals surface area contributed by atoms with Crippen molar-refractivity contribution in [1.82, 2.24) is 15.5 Å². The molecule has 0 bridgehead atoms. The minimum atomic E-state index is 0.357. The fourth-order valence-electron chi connectivity index (χ4n) is 1.32. The predicted molar refractivity (Wildman–Crippen MR) is 66.5 cm³/mol. The average Bonchev–Trinajstić information content (AvgIpc) is 2.72. The first-order valence-electron chi connectivity index (χ1n) is 5.19. The molecule has 0 aliphatic rings. The number of rotatable bonds is 4. The second-order valence-electron chi connectivity index (χ2n) is 3.62. The van der Waals surface area contributed by atoms with Crippen LogP contribution in [0.25, 0.3) is 0 Å². The largest absolute Gasteiger partial charge is 0.406 e. The summed E-state index contributed by atoms with van der Waals surface area (Å²) in [5.41, 5.74) is 1.85. The number of halogens is 1. The lowest BCUT2D eigenvalue weighted by atomic mass is 10.2. The summed E-state index contributed by atoms with van der Waals surface area (Å²) in [5.74, 6) is 0.535. The highest BCUT2D eigenvalue weighted by Gasteiger charge is 2.05. The van der Waals surface area contributed by atoms with Crippen LogP contribution in [0, 0.1) is 6.92 Å². The van der Waals surface area contributed by atoms with Crippen molar-refractivity contribution < 1.29 is 4.42 Å². The molecule has 1 aromatic carbocycles. The highest BCUT2D eigenvalue weighted by Crippen LogP contribution is 2.22. The van der Waals surface area contributed by atoms with E-state index in [1.807, 2.05) is 32.2 Å². The summed E-state index contributed by atoms with van der Waals surface area (Å²) < 4.78 is 5.36. The molecule has 1 aromatic heterocycles. The second-order valence-corrected chi connectivity index (χ2v) is 4.03. The van der Waals surface area contributed by atoms with Gasteiger partial charge in [0.1, 0.15) is 0 Å². The molecule has 0 radical (unpaired) electrons. The Morgan fingerprint density at radius 2 is 2.18 bits per heavy atom. The van der Waals surface area contributed by atoms with Crippen LogP contribution < -0.4 is 10.6 Å². The Bertz CT molecular complexity index is 512. The van der Waals surface area contributed by atoms with E-state index < -0.39 is 0 Å². The molecule has 2 rings (SSSR count). The molecule has 2 aromatic rings. The van der Waals surface area contributed by atoms with Gasteiger partial charge in [-0.25, -0.2) is 0 Å². The zero-order valence-corrected chi connectivity index (χ0v) is 10.4. The van der Waals surface area contributed by atoms with Gasteiger partial charge in [0, 0.05) is 10.7 Å². The fraction of sp³-hybridized carbons (Fsp3) is 0.273. The zero-order valence-electron chi connectivity index (χ0n) is 9.62. The van der Waals surface area contributed by atoms with Crippen LogP contribution in [-0.4, -0.2) is 17.2 Å². The molecule has 0 atom stereocenters. The summed E-state index contributed by atoms with van der Waals surface area (Å²) in [7, 11) is 1.82. The molecule has 0 saturated carbocycles. The standard InChI is InChI=1S/C11H13ClN4O/c1-7-3-4-8(5-9(7)12)14-11-16-15-10(17-11)6-13-2/h3-5,13H,6H2,1-2H3,(H,14,16). The third-order valence-corrected chi connectivity index (χ3v) is 2.63. The van der Waals surface area contributed by atoms with Gasteiger partial charge >= 0.3 is 6.01 Å². The number of aryl methyl sites for hydroxylation is 1. The molecule has 6 heteroatoms. The zero-order chi connectivity index (χ0) is 12.3. The number of hydrogen-bond donors (Lipinski definition) is 2. The summed E-state index contributed by atoms with van der Waals surface area (Å²) in [5, 5.41) is 14.4. The van der Waals surface area contributed by atoms with Crippen LogP contribution in [0.2, 0.25) is 5.02 Å². The van der Waals surface area contributed by atoms with Crippen LogP contribution in [0.4, 0.5) is 11.7 Å². The van der Waals surface area contributed by atoms with E-state index in [0.717, 1.165) is 11.3 Å². The van der Waals surface area contributed by atoms with Gasteiger partial charge in [0.05, 0.1) is 6.54 Å². The van der Waals surface area contributed by atoms with Gasteiger partial charge in [-0.05, 0) is 31.7 Å². The first-order valence-corrected chi connectivity index (χ1v) is 5.57. The quantitative estimate of drug-likeness (QED) is 0.875. The van der Waals surface area contributed by atoms with E-state index in [9.17, 15) is 0 Å². The van der Waals surface area contributed by atoms with Crippen molar-refractivity contribution in [2.24, 2.45) is 0 Å². The first kappa shape index (κ1) is 11.9. The Labute approximate surface area is 104 Å². The van der Waals surface area contributed by atoms with Gasteiger partial charge in [-0.15, -0.1) is 5.10 Å². The van der Waals surface area contributed by atoms with Gasteiger partial charge < -0.3 is 15.1 Å². The molecule has 90 valence electrons. The molecule has 0 amide bonds. The van der Waals surface area contributed by atoms with Crippen molar-refractivity contribution in [2.75, 3.05) is 12.4 Å². The average molecular weight is 253 g/mol. The van der Waals surface area contributed by atoms with Crippen LogP contribution in [-0.2, 0) is 6.54 Å². The van der Waals surface area contributed by atoms with Crippen LogP contribution in [0.5, 0.6) is 0 Å². The van der Waals surface area contributed by atoms with Gasteiger partial charge in [-0.2, -0.15) is 0 Å². The van der Waals surface area contributed by atoms with Gasteiger partial charge in [-0.3, -0.25) is 0 Å². The number of aromatic nitrogens is 2. The molecule has 0 unspecified atom stereocenters. The lowest BCUT2D eigenvalue weighted by molar-refractivity contribution is 0.493. The Kier molecular flexibility index (Phi) is 3.61. The van der Waals surface area contributed by atoms with Crippen molar-refractivity contribution in [3.63, 3.8) is 0 Å². The van der Waals surface area contributed by atoms with Gasteiger partial charge in [0.15, 0.2) is 0 Å². The minimum Gasteiger partial charge on any atom is -0.406 e. The molecule has 0 spiro atoms. The lowest BCUT2D eigenvalue weighted by Crippen LogP contribution is -2.04. The lowest BCUT2D eigenvalue weighted by Gasteiger charge is -2.03. The topological polar surface area (TPSA) is 63.0 Å². The predicted octanol–water partition coefficient (Wildman–Crippen LogP) is 2.49. The Balaban J connectivity index is 2.11. The second kappa shape index (κ2) is 5.16. The summed E-state index contributed by atoms with van der Waals surface area (Å²) in [6.45, 7) is 2.49. The normalized spacial score (nSPS) is 10.5. The Morgan fingerprint density at radius 3 is 2.88 bits per heavy atom. The summed E-state index contributed by atoms with van der Waals surface area (Å²) in [4.78, 5) is 0. The molecule has 0 fully saturated rings. The molecule has 5 nitrogen and oxygen atoms in total. The maximum absolute atomic E-state index is 6.02. The van der Waals surface area contributed by atoms with E-state index >= 15 is 0 Å². The highest BCUT2D eigenvalue weighted by atomic mass is 35.5. The van der Waals surface area contributed by atoms with Crippen molar-refractivity contribution in [3.05, 3.63) is 34.7 Å². The molecule has 0 aliphatic carbocycles. The Morgan fingerprint density at radius 1 is 1.35 bits per heavy atom. The van der Waals surface area contributed by atoms with Crippen molar-refractivity contribution in [3.8, 4) is 0 Å². The number of hydrogen-bond acceptors (Lipinski definition) is 5. The van der Waals surface area contributed by atoms with E-state index in [-0.39, 0.29) is 0 Å². The van der Waals surface area contributed by atoms with Crippen LogP contribution in [0.3, 0.4) is 0 Å². The molecular formula is C11H13ClN4O. The monoisotopic (exact) mass is 252 g/mol. The SMILES string of the molecule is CNCc1nnc(Nc2ccc(C)c(Cl)c2)o1. The molecule has 17 heavy (non-hydrogen) atoms. The van der Waals surface area contributed by atoms with Crippen molar-refractivity contribution in [2.45, 2.75) is 13.5 Å². The molecule has 0 saturated heterocycles. The van der Waals surface area contributed by atoms with Crippen molar-refractivity contribution >= 4 is 23.3 Å². The summed E-state index contributed by atoms with van der Waals surface area (Å²) >= 11 is 6.02. The first-order chi connectivity index (χ1) is 8.19. The number of nitrogens with one attached hydrogen (secondary N) is 2. The van der Waals surface area contributed by atoms with E-state index in [2.05, 4.69) is 20.8 Å². The summed E-state index contributed by atoms with van der Waals surface area (Å²) in [6, 6.07) is 6.01. The molecule has 1 heterocycles. The van der Waals surface area contributed by atoms with Gasteiger partial charge in [-0.1, -0.05) is 22.8 Å². The number of benzene rings is 1. The molecule has 2 N–H and O–H groups in total. The maximum Gasteiger partial charge on any atom is 0.320 e. The Hall–Kier alpha value is -1.59. The van der Waals surface area contributed by atoms with E-state index in [0.29, 0.717) is 23.5 Å². The summed E-state index contributed by atoms with van der Waals surface area (Å²) in [6.07, 6.45) is 0. The minimum absolute atomic E-state index is 0.357. The van der Waals surface area contributed by atoms with E-state index in [1.54, 1.807) is 0 Å². The third kappa shape index (κ3) is 2.95.